The van der Waals surface area contributed by atoms with Crippen molar-refractivity contribution in [2.45, 2.75) is 28.9 Å². The summed E-state index contributed by atoms with van der Waals surface area (Å²) in [5.41, 5.74) is -1.29. The summed E-state index contributed by atoms with van der Waals surface area (Å²) in [5, 5.41) is 4.15. The number of thiazole rings is 1. The second kappa shape index (κ2) is 10.9. The van der Waals surface area contributed by atoms with Crippen molar-refractivity contribution in [2.24, 2.45) is 5.92 Å². The van der Waals surface area contributed by atoms with Crippen LogP contribution in [0.2, 0.25) is 10.0 Å². The van der Waals surface area contributed by atoms with E-state index in [1.54, 1.807) is 23.6 Å². The second-order valence-electron chi connectivity index (χ2n) is 9.38. The Balaban J connectivity index is 1.39. The van der Waals surface area contributed by atoms with Gasteiger partial charge in [0, 0.05) is 21.4 Å². The lowest BCUT2D eigenvalue weighted by Crippen LogP contribution is -2.33. The maximum absolute atomic E-state index is 13.9. The number of anilines is 2. The third kappa shape index (κ3) is 4.96. The van der Waals surface area contributed by atoms with Crippen LogP contribution in [0, 0.1) is 5.92 Å². The second-order valence-corrected chi connectivity index (χ2v) is 13.3. The summed E-state index contributed by atoms with van der Waals surface area (Å²) in [5.74, 6) is -3.96. The SMILES string of the molecule is O=C(Cn1c2c(sc1=O)[C@@H](c1cccs1)[C@@H]1C(=O)N(c3ccccc3C(F)(F)F)C(=O)[C@@H]1S2)Nc1ccc(Cl)c(Cl)c1. The average Bonchev–Trinajstić information content (AvgIpc) is 3.63. The van der Waals surface area contributed by atoms with Crippen LogP contribution < -0.4 is 15.1 Å². The zero-order valence-electron chi connectivity index (χ0n) is 20.9. The highest BCUT2D eigenvalue weighted by atomic mass is 35.5. The molecule has 1 saturated heterocycles. The predicted molar refractivity (Wildman–Crippen MR) is 157 cm³/mol. The molecule has 0 unspecified atom stereocenters. The first-order chi connectivity index (χ1) is 20.0. The first-order valence-corrected chi connectivity index (χ1v) is 15.5. The largest absolute Gasteiger partial charge is 0.418 e. The van der Waals surface area contributed by atoms with Crippen LogP contribution in [0.1, 0.15) is 21.2 Å². The standard InChI is InChI=1S/C27H16Cl2F3N3O4S3/c28-14-8-7-12(10-15(14)29)33-18(36)11-34-25-22(42-26(34)39)19(17-6-3-9-40-17)20-21(41-25)24(38)35(23(20)37)16-5-2-1-4-13(16)27(30,31)32/h1-10,19-21H,11H2,(H,33,36)/t19-,20-,21+/m0/s1. The van der Waals surface area contributed by atoms with Gasteiger partial charge in [-0.05, 0) is 41.8 Å². The quantitative estimate of drug-likeness (QED) is 0.238. The lowest BCUT2D eigenvalue weighted by atomic mass is 9.87. The van der Waals surface area contributed by atoms with Crippen molar-refractivity contribution in [3.05, 3.63) is 95.0 Å². The average molecular weight is 671 g/mol. The predicted octanol–water partition coefficient (Wildman–Crippen LogP) is 6.73. The number of hydrogen-bond acceptors (Lipinski definition) is 7. The van der Waals surface area contributed by atoms with Crippen LogP contribution in [0.3, 0.4) is 0 Å². The minimum Gasteiger partial charge on any atom is -0.324 e. The van der Waals surface area contributed by atoms with Gasteiger partial charge in [-0.2, -0.15) is 13.2 Å². The summed E-state index contributed by atoms with van der Waals surface area (Å²) in [7, 11) is 0. The molecular formula is C27H16Cl2F3N3O4S3. The number of para-hydroxylation sites is 1. The number of nitrogens with one attached hydrogen (secondary N) is 1. The Labute approximate surface area is 257 Å². The molecule has 0 saturated carbocycles. The minimum absolute atomic E-state index is 0.223. The molecule has 0 aliphatic carbocycles. The maximum Gasteiger partial charge on any atom is 0.418 e. The van der Waals surface area contributed by atoms with Gasteiger partial charge in [0.2, 0.25) is 17.7 Å². The van der Waals surface area contributed by atoms with Gasteiger partial charge in [-0.3, -0.25) is 23.7 Å². The van der Waals surface area contributed by atoms with Crippen LogP contribution in [0.4, 0.5) is 24.5 Å². The fraction of sp³-hybridized carbons (Fsp3) is 0.185. The van der Waals surface area contributed by atoms with Gasteiger partial charge in [-0.25, -0.2) is 4.90 Å². The number of aromatic nitrogens is 1. The number of thiophene rings is 1. The Kier molecular flexibility index (Phi) is 7.50. The number of hydrogen-bond donors (Lipinski definition) is 1. The van der Waals surface area contributed by atoms with Crippen molar-refractivity contribution < 1.29 is 27.6 Å². The summed E-state index contributed by atoms with van der Waals surface area (Å²) in [6, 6.07) is 12.4. The van der Waals surface area contributed by atoms with E-state index in [-0.39, 0.29) is 5.02 Å². The molecule has 6 rings (SSSR count). The summed E-state index contributed by atoms with van der Waals surface area (Å²) in [6.45, 7) is -0.408. The van der Waals surface area contributed by atoms with E-state index < -0.39 is 63.7 Å². The number of amides is 3. The first-order valence-electron chi connectivity index (χ1n) is 12.2. The summed E-state index contributed by atoms with van der Waals surface area (Å²) >= 11 is 15.0. The van der Waals surface area contributed by atoms with E-state index in [4.69, 9.17) is 23.2 Å². The van der Waals surface area contributed by atoms with Crippen molar-refractivity contribution in [1.29, 1.82) is 0 Å². The Morgan fingerprint density at radius 3 is 2.43 bits per heavy atom. The Bertz CT molecular complexity index is 1810. The Hall–Kier alpha value is -3.10. The zero-order chi connectivity index (χ0) is 29.9. The first kappa shape index (κ1) is 29.0. The highest BCUT2D eigenvalue weighted by Crippen LogP contribution is 2.55. The molecule has 1 fully saturated rings. The third-order valence-electron chi connectivity index (χ3n) is 6.85. The van der Waals surface area contributed by atoms with Gasteiger partial charge in [-0.1, -0.05) is 64.5 Å². The number of thioether (sulfide) groups is 1. The molecule has 3 atom stereocenters. The number of fused-ring (bicyclic) bond motifs is 2. The molecule has 2 aromatic carbocycles. The van der Waals surface area contributed by atoms with Crippen LogP contribution in [0.25, 0.3) is 0 Å². The lowest BCUT2D eigenvalue weighted by molar-refractivity contribution is -0.137. The van der Waals surface area contributed by atoms with Crippen molar-refractivity contribution in [2.75, 3.05) is 10.2 Å². The van der Waals surface area contributed by atoms with Gasteiger partial charge in [0.1, 0.15) is 11.8 Å². The van der Waals surface area contributed by atoms with Gasteiger partial charge in [0.15, 0.2) is 0 Å². The van der Waals surface area contributed by atoms with Gasteiger partial charge >= 0.3 is 11.0 Å². The van der Waals surface area contributed by atoms with E-state index in [0.717, 1.165) is 35.2 Å². The molecule has 42 heavy (non-hydrogen) atoms. The number of carbonyl (C=O) groups is 3. The Morgan fingerprint density at radius 2 is 1.74 bits per heavy atom. The number of halogens is 5. The molecule has 15 heteroatoms. The number of imide groups is 1. The van der Waals surface area contributed by atoms with Crippen molar-refractivity contribution in [3.63, 3.8) is 0 Å². The highest BCUT2D eigenvalue weighted by Gasteiger charge is 2.58. The van der Waals surface area contributed by atoms with Gasteiger partial charge in [-0.15, -0.1) is 11.3 Å². The molecule has 3 amide bonds. The van der Waals surface area contributed by atoms with Crippen molar-refractivity contribution in [1.82, 2.24) is 4.57 Å². The molecule has 216 valence electrons. The van der Waals surface area contributed by atoms with E-state index in [0.29, 0.717) is 30.4 Å². The molecule has 0 bridgehead atoms. The number of alkyl halides is 3. The van der Waals surface area contributed by atoms with E-state index in [2.05, 4.69) is 5.32 Å². The van der Waals surface area contributed by atoms with Crippen LogP contribution in [-0.2, 0) is 27.1 Å². The molecule has 7 nitrogen and oxygen atoms in total. The molecule has 2 aliphatic heterocycles. The molecule has 2 aromatic heterocycles. The van der Waals surface area contributed by atoms with Crippen LogP contribution in [0.5, 0.6) is 0 Å². The fourth-order valence-corrected chi connectivity index (χ4v) is 9.11. The third-order valence-corrected chi connectivity index (χ3v) is 11.2. The summed E-state index contributed by atoms with van der Waals surface area (Å²) in [6.07, 6.45) is -4.80. The lowest BCUT2D eigenvalue weighted by Gasteiger charge is -2.29. The number of rotatable bonds is 5. The van der Waals surface area contributed by atoms with E-state index in [1.165, 1.54) is 40.2 Å². The number of nitrogens with zero attached hydrogens (tertiary/aromatic N) is 2. The molecule has 1 N–H and O–H groups in total. The van der Waals surface area contributed by atoms with Gasteiger partial charge < -0.3 is 5.32 Å². The summed E-state index contributed by atoms with van der Waals surface area (Å²) < 4.78 is 42.8. The zero-order valence-corrected chi connectivity index (χ0v) is 24.8. The molecule has 4 heterocycles. The van der Waals surface area contributed by atoms with Crippen LogP contribution in [0.15, 0.2) is 69.8 Å². The Morgan fingerprint density at radius 1 is 0.976 bits per heavy atom. The normalized spacial score (nSPS) is 20.0. The molecule has 4 aromatic rings. The smallest absolute Gasteiger partial charge is 0.324 e. The monoisotopic (exact) mass is 669 g/mol. The van der Waals surface area contributed by atoms with E-state index >= 15 is 0 Å². The topological polar surface area (TPSA) is 88.5 Å². The molecular weight excluding hydrogens is 654 g/mol. The molecule has 0 spiro atoms. The molecule has 0 radical (unpaired) electrons. The number of carbonyl (C=O) groups excluding carboxylic acids is 3. The van der Waals surface area contributed by atoms with Crippen LogP contribution >= 0.6 is 57.6 Å². The van der Waals surface area contributed by atoms with Crippen LogP contribution in [-0.4, -0.2) is 27.5 Å². The number of benzene rings is 2. The van der Waals surface area contributed by atoms with E-state index in [9.17, 15) is 32.3 Å². The van der Waals surface area contributed by atoms with Gasteiger partial charge in [0.05, 0.1) is 32.2 Å². The highest BCUT2D eigenvalue weighted by molar-refractivity contribution is 8.00. The maximum atomic E-state index is 13.9. The van der Waals surface area contributed by atoms with Gasteiger partial charge in [0.25, 0.3) is 0 Å². The fourth-order valence-electron chi connectivity index (χ4n) is 5.09. The van der Waals surface area contributed by atoms with E-state index in [1.807, 2.05) is 0 Å². The minimum atomic E-state index is -4.80. The molecule has 2 aliphatic rings. The summed E-state index contributed by atoms with van der Waals surface area (Å²) in [4.78, 5) is 55.0. The van der Waals surface area contributed by atoms with Crippen molar-refractivity contribution in [3.8, 4) is 0 Å². The van der Waals surface area contributed by atoms with Crippen molar-refractivity contribution >= 4 is 86.7 Å².